The number of hydrogen-bond donors (Lipinski definition) is 6. The minimum absolute atomic E-state index is 0.0503. The highest BCUT2D eigenvalue weighted by Gasteiger charge is 2.50. The third-order valence-electron chi connectivity index (χ3n) is 13.7. The lowest BCUT2D eigenvalue weighted by atomic mass is 9.78. The second-order valence-corrected chi connectivity index (χ2v) is 18.6. The molecule has 362 valence electrons. The number of aliphatic hydroxyl groups is 2. The van der Waals surface area contributed by atoms with E-state index in [9.17, 15) is 39.9 Å². The zero-order valence-corrected chi connectivity index (χ0v) is 40.2. The number of allylic oxidation sites excluding steroid dienone is 2. The van der Waals surface area contributed by atoms with Gasteiger partial charge in [0.05, 0.1) is 66.1 Å². The smallest absolute Gasteiger partial charge is 0.312 e. The van der Waals surface area contributed by atoms with Crippen molar-refractivity contribution in [1.82, 2.24) is 9.91 Å². The third-order valence-corrected chi connectivity index (χ3v) is 13.7. The van der Waals surface area contributed by atoms with Crippen LogP contribution in [0.5, 0.6) is 23.0 Å². The van der Waals surface area contributed by atoms with E-state index in [0.29, 0.717) is 13.1 Å². The summed E-state index contributed by atoms with van der Waals surface area (Å²) in [7, 11) is 1.44. The molecule has 11 atom stereocenters. The van der Waals surface area contributed by atoms with Crippen LogP contribution < -0.4 is 10.1 Å². The molecule has 1 saturated heterocycles. The average molecular weight is 927 g/mol. The van der Waals surface area contributed by atoms with Gasteiger partial charge in [-0.25, -0.2) is 0 Å². The number of carbonyl (C=O) groups is 3. The highest BCUT2D eigenvalue weighted by molar-refractivity contribution is 6.23. The lowest BCUT2D eigenvalue weighted by molar-refractivity contribution is -0.160. The van der Waals surface area contributed by atoms with Gasteiger partial charge >= 0.3 is 11.8 Å². The fraction of sp³-hybridized carbons (Fsp3) is 0.490. The van der Waals surface area contributed by atoms with Gasteiger partial charge in [-0.1, -0.05) is 76.3 Å². The Hall–Kier alpha value is -5.94. The number of methoxy groups -OCH3 is 1. The number of aromatic hydroxyl groups is 3. The van der Waals surface area contributed by atoms with E-state index in [4.69, 9.17) is 24.0 Å². The van der Waals surface area contributed by atoms with E-state index in [-0.39, 0.29) is 56.6 Å². The Morgan fingerprint density at radius 2 is 1.57 bits per heavy atom. The van der Waals surface area contributed by atoms with Crippen LogP contribution in [-0.2, 0) is 30.3 Å². The topological polar surface area (TPSA) is 220 Å². The van der Waals surface area contributed by atoms with Crippen molar-refractivity contribution in [2.45, 2.75) is 118 Å². The molecule has 6 N–H and O–H groups in total. The predicted molar refractivity (Wildman–Crippen MR) is 254 cm³/mol. The zero-order valence-electron chi connectivity index (χ0n) is 40.2. The molecule has 7 rings (SSSR count). The number of amides is 1. The van der Waals surface area contributed by atoms with Gasteiger partial charge in [0.15, 0.2) is 5.75 Å². The minimum atomic E-state index is -2.06. The van der Waals surface area contributed by atoms with Gasteiger partial charge < -0.3 is 49.8 Å². The Morgan fingerprint density at radius 1 is 0.910 bits per heavy atom. The van der Waals surface area contributed by atoms with Crippen LogP contribution in [0.25, 0.3) is 10.8 Å². The number of phenols is 3. The fourth-order valence-corrected chi connectivity index (χ4v) is 9.54. The van der Waals surface area contributed by atoms with Crippen LogP contribution in [-0.4, -0.2) is 122 Å². The number of ether oxygens (including phenoxy) is 4. The van der Waals surface area contributed by atoms with E-state index in [2.05, 4.69) is 36.2 Å². The van der Waals surface area contributed by atoms with Crippen LogP contribution in [0.1, 0.15) is 89.4 Å². The van der Waals surface area contributed by atoms with E-state index in [1.807, 2.05) is 23.2 Å². The maximum absolute atomic E-state index is 14.6. The molecule has 67 heavy (non-hydrogen) atoms. The summed E-state index contributed by atoms with van der Waals surface area (Å²) in [6, 6.07) is 10.3. The molecule has 3 aromatic carbocycles. The fourth-order valence-electron chi connectivity index (χ4n) is 9.54. The van der Waals surface area contributed by atoms with Gasteiger partial charge in [0.2, 0.25) is 0 Å². The number of carbonyl (C=O) groups excluding carboxylic acids is 3. The van der Waals surface area contributed by atoms with Gasteiger partial charge in [0.1, 0.15) is 23.4 Å². The summed E-state index contributed by atoms with van der Waals surface area (Å²) in [6.07, 6.45) is 4.88. The van der Waals surface area contributed by atoms with Gasteiger partial charge in [-0.15, -0.1) is 0 Å². The van der Waals surface area contributed by atoms with E-state index in [1.165, 1.54) is 65.0 Å². The average Bonchev–Trinajstić information content (AvgIpc) is 3.55. The summed E-state index contributed by atoms with van der Waals surface area (Å²) in [5.74, 6) is -8.45. The van der Waals surface area contributed by atoms with Crippen molar-refractivity contribution in [3.63, 3.8) is 0 Å². The number of ketones is 1. The Kier molecular flexibility index (Phi) is 15.5. The first-order chi connectivity index (χ1) is 31.6. The number of Topliss-reactive ketones (excluding diaryl/α,β-unsaturated/α-hetero) is 1. The zero-order chi connectivity index (χ0) is 49.2. The lowest BCUT2D eigenvalue weighted by Gasteiger charge is -2.43. The summed E-state index contributed by atoms with van der Waals surface area (Å²) in [6.45, 7) is 18.5. The van der Waals surface area contributed by atoms with Crippen molar-refractivity contribution < 1.29 is 58.9 Å². The number of phenolic OH excluding ortho intramolecular Hbond substituents is 3. The molecule has 0 aliphatic carbocycles. The molecule has 4 heterocycles. The van der Waals surface area contributed by atoms with Gasteiger partial charge in [0.25, 0.3) is 11.7 Å². The Bertz CT molecular complexity index is 2460. The van der Waals surface area contributed by atoms with Crippen molar-refractivity contribution in [3.8, 4) is 23.0 Å². The van der Waals surface area contributed by atoms with Crippen molar-refractivity contribution in [2.75, 3.05) is 25.5 Å². The lowest BCUT2D eigenvalue weighted by Crippen LogP contribution is -2.54. The quantitative estimate of drug-likeness (QED) is 0.0658. The van der Waals surface area contributed by atoms with Gasteiger partial charge in [-0.2, -0.15) is 5.10 Å². The molecule has 16 nitrogen and oxygen atoms in total. The SMILES string of the molecule is COC1/C=C/OC2(C)Oc3c(C)c(O)c4c(O)c(c(/C=N/N5CC(C)N(Cc6ccccc6)C(C)C5)c(O)c4c3C2=O)NC(=O)C(C)=C/C=C/C(C)C(O)C(C)C(O)C(C)C(OC(C)=O)C1C. The van der Waals surface area contributed by atoms with E-state index in [1.54, 1.807) is 39.8 Å². The second kappa shape index (κ2) is 20.5. The molecule has 0 aromatic heterocycles. The normalized spacial score (nSPS) is 31.1. The summed E-state index contributed by atoms with van der Waals surface area (Å²) < 4.78 is 23.8. The summed E-state index contributed by atoms with van der Waals surface area (Å²) in [4.78, 5) is 43.4. The molecule has 16 heteroatoms. The predicted octanol–water partition coefficient (Wildman–Crippen LogP) is 6.68. The first-order valence-corrected chi connectivity index (χ1v) is 22.8. The molecule has 1 amide bonds. The van der Waals surface area contributed by atoms with Crippen molar-refractivity contribution in [3.05, 3.63) is 88.7 Å². The van der Waals surface area contributed by atoms with Crippen LogP contribution in [0.15, 0.2) is 71.6 Å². The summed E-state index contributed by atoms with van der Waals surface area (Å²) in [5.41, 5.74) is 0.787. The first-order valence-electron chi connectivity index (χ1n) is 22.8. The van der Waals surface area contributed by atoms with E-state index >= 15 is 0 Å². The standard InChI is InChI=1S/C51H66N4O12/c1-26-16-15-17-27(2)50(63)53-41-36(22-52-54-23-28(3)55(29(4)24-54)25-35-18-13-12-14-19-35)45(60)38-39(46(41)61)44(59)33(8)48-40(38)49(62)51(10,67-48)65-21-20-37(64-11)30(5)47(66-34(9)56)32(7)43(58)31(6)42(26)57/h12-22,26,28-32,37,42-43,47,57-61H,23-25H2,1-11H3,(H,53,63)/b16-15+,21-20+,27-17?,52-22+. The number of fused-ring (bicyclic) bond motifs is 14. The van der Waals surface area contributed by atoms with Crippen molar-refractivity contribution in [1.29, 1.82) is 0 Å². The monoisotopic (exact) mass is 926 g/mol. The molecule has 3 aromatic rings. The third kappa shape index (κ3) is 10.2. The van der Waals surface area contributed by atoms with E-state index in [0.717, 1.165) is 6.54 Å². The number of rotatable bonds is 6. The molecule has 5 bridgehead atoms. The van der Waals surface area contributed by atoms with Crippen LogP contribution >= 0.6 is 0 Å². The number of nitrogens with zero attached hydrogens (tertiary/aromatic N) is 3. The highest BCUT2D eigenvalue weighted by atomic mass is 16.7. The van der Waals surface area contributed by atoms with Gasteiger partial charge in [0, 0.05) is 79.8 Å². The number of benzene rings is 3. The first kappa shape index (κ1) is 50.5. The molecule has 0 radical (unpaired) electrons. The molecule has 11 unspecified atom stereocenters. The second-order valence-electron chi connectivity index (χ2n) is 18.6. The number of aliphatic hydroxyl groups excluding tert-OH is 2. The van der Waals surface area contributed by atoms with Crippen molar-refractivity contribution in [2.24, 2.45) is 28.8 Å². The Balaban J connectivity index is 1.48. The maximum atomic E-state index is 14.6. The largest absolute Gasteiger partial charge is 0.507 e. The number of esters is 1. The van der Waals surface area contributed by atoms with Gasteiger partial charge in [-0.05, 0) is 39.3 Å². The summed E-state index contributed by atoms with van der Waals surface area (Å²) in [5, 5.41) is 68.0. The minimum Gasteiger partial charge on any atom is -0.507 e. The number of anilines is 1. The van der Waals surface area contributed by atoms with Gasteiger partial charge in [-0.3, -0.25) is 24.3 Å². The van der Waals surface area contributed by atoms with Crippen LogP contribution in [0.4, 0.5) is 5.69 Å². The van der Waals surface area contributed by atoms with Crippen LogP contribution in [0.3, 0.4) is 0 Å². The number of hydrazone groups is 1. The van der Waals surface area contributed by atoms with Crippen LogP contribution in [0, 0.1) is 30.6 Å². The molecule has 4 aliphatic heterocycles. The Labute approximate surface area is 392 Å². The van der Waals surface area contributed by atoms with Crippen molar-refractivity contribution >= 4 is 40.3 Å². The number of hydrogen-bond acceptors (Lipinski definition) is 15. The molecular formula is C51H66N4O12. The Morgan fingerprint density at radius 3 is 2.19 bits per heavy atom. The molecule has 1 fully saturated rings. The highest BCUT2D eigenvalue weighted by Crippen LogP contribution is 2.55. The molecule has 0 spiro atoms. The van der Waals surface area contributed by atoms with Crippen LogP contribution in [0.2, 0.25) is 0 Å². The molecule has 0 saturated carbocycles. The maximum Gasteiger partial charge on any atom is 0.312 e. The molecular weight excluding hydrogens is 861 g/mol. The number of piperazine rings is 1. The van der Waals surface area contributed by atoms with E-state index < -0.39 is 88.8 Å². The summed E-state index contributed by atoms with van der Waals surface area (Å²) >= 11 is 0. The molecule has 4 aliphatic rings. The number of nitrogens with one attached hydrogen (secondary N) is 1.